The smallest absolute Gasteiger partial charge is 0.208 e. The van der Waals surface area contributed by atoms with Crippen LogP contribution in [0.5, 0.6) is 0 Å². The molecule has 24 heavy (non-hydrogen) atoms. The summed E-state index contributed by atoms with van der Waals surface area (Å²) in [4.78, 5) is 0.382. The normalized spacial score (nSPS) is 22.8. The topological polar surface area (TPSA) is 46.2 Å². The maximum Gasteiger partial charge on any atom is 0.240 e. The van der Waals surface area contributed by atoms with Crippen molar-refractivity contribution in [2.24, 2.45) is 17.3 Å². The Morgan fingerprint density at radius 2 is 1.58 bits per heavy atom. The summed E-state index contributed by atoms with van der Waals surface area (Å²) in [5, 5.41) is 0. The highest BCUT2D eigenvalue weighted by atomic mass is 32.2. The van der Waals surface area contributed by atoms with Crippen LogP contribution in [0, 0.1) is 17.3 Å². The van der Waals surface area contributed by atoms with Crippen LogP contribution in [0.15, 0.2) is 29.2 Å². The third kappa shape index (κ3) is 5.32. The van der Waals surface area contributed by atoms with E-state index in [0.717, 1.165) is 32.1 Å². The van der Waals surface area contributed by atoms with Crippen LogP contribution in [-0.2, 0) is 16.4 Å². The lowest BCUT2D eigenvalue weighted by molar-refractivity contribution is 0.166. The molecule has 0 spiro atoms. The summed E-state index contributed by atoms with van der Waals surface area (Å²) in [7, 11) is -3.41. The van der Waals surface area contributed by atoms with E-state index in [-0.39, 0.29) is 6.04 Å². The Morgan fingerprint density at radius 1 is 1.04 bits per heavy atom. The van der Waals surface area contributed by atoms with Crippen molar-refractivity contribution in [2.45, 2.75) is 77.7 Å². The van der Waals surface area contributed by atoms with Gasteiger partial charge >= 0.3 is 0 Å². The van der Waals surface area contributed by atoms with Gasteiger partial charge in [0.25, 0.3) is 0 Å². The Bertz CT molecular complexity index is 619. The molecular weight excluding hydrogens is 318 g/mol. The molecule has 0 saturated heterocycles. The minimum Gasteiger partial charge on any atom is -0.208 e. The van der Waals surface area contributed by atoms with Crippen LogP contribution in [0.3, 0.4) is 0 Å². The average molecular weight is 352 g/mol. The first-order valence-corrected chi connectivity index (χ1v) is 10.7. The van der Waals surface area contributed by atoms with Crippen LogP contribution >= 0.6 is 0 Å². The van der Waals surface area contributed by atoms with Crippen molar-refractivity contribution in [3.05, 3.63) is 29.8 Å². The Kier molecular flexibility index (Phi) is 6.14. The van der Waals surface area contributed by atoms with Crippen LogP contribution in [0.1, 0.15) is 65.9 Å². The quantitative estimate of drug-likeness (QED) is 0.830. The highest BCUT2D eigenvalue weighted by Crippen LogP contribution is 2.38. The molecular formula is C20H33NO2S. The largest absolute Gasteiger partial charge is 0.240 e. The van der Waals surface area contributed by atoms with E-state index in [9.17, 15) is 8.42 Å². The van der Waals surface area contributed by atoms with E-state index < -0.39 is 10.0 Å². The summed E-state index contributed by atoms with van der Waals surface area (Å²) < 4.78 is 28.1. The number of hydrogen-bond acceptors (Lipinski definition) is 2. The lowest BCUT2D eigenvalue weighted by Crippen LogP contribution is -2.39. The molecule has 1 aliphatic rings. The second-order valence-corrected chi connectivity index (χ2v) is 10.5. The maximum atomic E-state index is 12.6. The SMILES string of the molecule is CC(C)Cc1ccc(S(=O)(=O)NC2CCC(C(C)(C)C)CC2)cc1. The van der Waals surface area contributed by atoms with E-state index in [1.807, 2.05) is 12.1 Å². The number of benzene rings is 1. The zero-order chi connectivity index (χ0) is 18.0. The molecule has 1 aromatic carbocycles. The van der Waals surface area contributed by atoms with Gasteiger partial charge in [-0.2, -0.15) is 0 Å². The molecule has 0 atom stereocenters. The van der Waals surface area contributed by atoms with Gasteiger partial charge in [-0.15, -0.1) is 0 Å². The molecule has 1 aliphatic carbocycles. The van der Waals surface area contributed by atoms with Gasteiger partial charge in [-0.1, -0.05) is 46.8 Å². The molecule has 1 saturated carbocycles. The average Bonchev–Trinajstić information content (AvgIpc) is 2.46. The van der Waals surface area contributed by atoms with E-state index in [1.165, 1.54) is 5.56 Å². The second-order valence-electron chi connectivity index (χ2n) is 8.78. The van der Waals surface area contributed by atoms with Gasteiger partial charge in [0, 0.05) is 6.04 Å². The molecule has 2 rings (SSSR count). The standard InChI is InChI=1S/C20H33NO2S/c1-15(2)14-16-6-12-19(13-7-16)24(22,23)21-18-10-8-17(9-11-18)20(3,4)5/h6-7,12-13,15,17-18,21H,8-11,14H2,1-5H3. The minimum atomic E-state index is -3.41. The van der Waals surface area contributed by atoms with Crippen LogP contribution in [0.4, 0.5) is 0 Å². The molecule has 1 N–H and O–H groups in total. The minimum absolute atomic E-state index is 0.0731. The molecule has 0 radical (unpaired) electrons. The highest BCUT2D eigenvalue weighted by Gasteiger charge is 2.31. The number of sulfonamides is 1. The van der Waals surface area contributed by atoms with Crippen molar-refractivity contribution >= 4 is 10.0 Å². The first kappa shape index (κ1) is 19.5. The molecule has 0 bridgehead atoms. The zero-order valence-electron chi connectivity index (χ0n) is 15.8. The van der Waals surface area contributed by atoms with Crippen molar-refractivity contribution in [3.63, 3.8) is 0 Å². The van der Waals surface area contributed by atoms with Crippen LogP contribution in [0.25, 0.3) is 0 Å². The molecule has 0 aliphatic heterocycles. The zero-order valence-corrected chi connectivity index (χ0v) is 16.6. The molecule has 0 unspecified atom stereocenters. The fourth-order valence-corrected chi connectivity index (χ4v) is 4.95. The van der Waals surface area contributed by atoms with E-state index in [0.29, 0.717) is 22.1 Å². The monoisotopic (exact) mass is 351 g/mol. The molecule has 0 aromatic heterocycles. The Balaban J connectivity index is 1.97. The first-order chi connectivity index (χ1) is 11.1. The fraction of sp³-hybridized carbons (Fsp3) is 0.700. The van der Waals surface area contributed by atoms with Gasteiger partial charge in [-0.3, -0.25) is 0 Å². The van der Waals surface area contributed by atoms with Crippen LogP contribution < -0.4 is 4.72 Å². The van der Waals surface area contributed by atoms with Gasteiger partial charge in [-0.05, 0) is 67.1 Å². The molecule has 4 heteroatoms. The third-order valence-electron chi connectivity index (χ3n) is 5.15. The predicted octanol–water partition coefficient (Wildman–Crippen LogP) is 4.77. The molecule has 136 valence electrons. The number of hydrogen-bond donors (Lipinski definition) is 1. The molecule has 0 amide bonds. The summed E-state index contributed by atoms with van der Waals surface area (Å²) in [6.45, 7) is 11.2. The van der Waals surface area contributed by atoms with Crippen molar-refractivity contribution in [2.75, 3.05) is 0 Å². The van der Waals surface area contributed by atoms with Gasteiger partial charge in [0.1, 0.15) is 0 Å². The summed E-state index contributed by atoms with van der Waals surface area (Å²) in [6.07, 6.45) is 5.05. The lowest BCUT2D eigenvalue weighted by Gasteiger charge is -2.37. The molecule has 1 fully saturated rings. The molecule has 1 aromatic rings. The van der Waals surface area contributed by atoms with Gasteiger partial charge in [0.15, 0.2) is 0 Å². The highest BCUT2D eigenvalue weighted by molar-refractivity contribution is 7.89. The summed E-state index contributed by atoms with van der Waals surface area (Å²) >= 11 is 0. The number of nitrogens with one attached hydrogen (secondary N) is 1. The first-order valence-electron chi connectivity index (χ1n) is 9.19. The van der Waals surface area contributed by atoms with E-state index in [2.05, 4.69) is 39.3 Å². The van der Waals surface area contributed by atoms with E-state index in [4.69, 9.17) is 0 Å². The van der Waals surface area contributed by atoms with E-state index in [1.54, 1.807) is 12.1 Å². The molecule has 0 heterocycles. The maximum absolute atomic E-state index is 12.6. The number of rotatable bonds is 5. The van der Waals surface area contributed by atoms with Gasteiger partial charge in [-0.25, -0.2) is 13.1 Å². The van der Waals surface area contributed by atoms with Gasteiger partial charge in [0.05, 0.1) is 4.90 Å². The van der Waals surface area contributed by atoms with Crippen molar-refractivity contribution in [3.8, 4) is 0 Å². The Morgan fingerprint density at radius 3 is 2.04 bits per heavy atom. The van der Waals surface area contributed by atoms with Gasteiger partial charge in [0.2, 0.25) is 10.0 Å². The van der Waals surface area contributed by atoms with E-state index >= 15 is 0 Å². The summed E-state index contributed by atoms with van der Waals surface area (Å²) in [5.74, 6) is 1.26. The summed E-state index contributed by atoms with van der Waals surface area (Å²) in [5.41, 5.74) is 1.51. The molecule has 3 nitrogen and oxygen atoms in total. The van der Waals surface area contributed by atoms with Crippen molar-refractivity contribution in [1.82, 2.24) is 4.72 Å². The van der Waals surface area contributed by atoms with Crippen molar-refractivity contribution < 1.29 is 8.42 Å². The summed E-state index contributed by atoms with van der Waals surface area (Å²) in [6, 6.07) is 7.42. The van der Waals surface area contributed by atoms with Crippen molar-refractivity contribution in [1.29, 1.82) is 0 Å². The predicted molar refractivity (Wildman–Crippen MR) is 101 cm³/mol. The third-order valence-corrected chi connectivity index (χ3v) is 6.69. The Labute approximate surface area is 148 Å². The lowest BCUT2D eigenvalue weighted by atomic mass is 9.71. The van der Waals surface area contributed by atoms with Crippen LogP contribution in [-0.4, -0.2) is 14.5 Å². The fourth-order valence-electron chi connectivity index (χ4n) is 3.64. The Hall–Kier alpha value is -0.870. The second kappa shape index (κ2) is 7.57. The van der Waals surface area contributed by atoms with Gasteiger partial charge < -0.3 is 0 Å². The van der Waals surface area contributed by atoms with Crippen LogP contribution in [0.2, 0.25) is 0 Å².